The van der Waals surface area contributed by atoms with Crippen LogP contribution in [0.1, 0.15) is 27.2 Å². The minimum Gasteiger partial charge on any atom is -0.463 e. The van der Waals surface area contributed by atoms with Gasteiger partial charge >= 0.3 is 0 Å². The highest BCUT2D eigenvalue weighted by Crippen LogP contribution is 2.52. The van der Waals surface area contributed by atoms with E-state index >= 15 is 0 Å². The van der Waals surface area contributed by atoms with E-state index in [2.05, 4.69) is 10.3 Å². The standard InChI is InChI=1S/C20H21N3O3/c1-12(24)13-11-14(20(13,2)3)19(25)22-18-17(15-7-6-10-26-15)21-16-8-4-5-9-23(16)18/h4-10,13-14H,11H2,1-3H3,(H,22,25)/t13-,14+/m0/s1. The van der Waals surface area contributed by atoms with Gasteiger partial charge in [0.25, 0.3) is 0 Å². The number of anilines is 1. The molecule has 1 N–H and O–H groups in total. The van der Waals surface area contributed by atoms with Crippen LogP contribution < -0.4 is 5.32 Å². The molecule has 0 spiro atoms. The Morgan fingerprint density at radius 1 is 1.23 bits per heavy atom. The van der Waals surface area contributed by atoms with Crippen molar-refractivity contribution in [1.29, 1.82) is 0 Å². The molecule has 3 aromatic heterocycles. The van der Waals surface area contributed by atoms with E-state index in [1.165, 1.54) is 0 Å². The third-order valence-corrected chi connectivity index (χ3v) is 5.60. The van der Waals surface area contributed by atoms with Crippen LogP contribution in [0.15, 0.2) is 47.2 Å². The van der Waals surface area contributed by atoms with Crippen LogP contribution in [-0.4, -0.2) is 21.1 Å². The lowest BCUT2D eigenvalue weighted by Gasteiger charge is -2.49. The molecule has 134 valence electrons. The monoisotopic (exact) mass is 351 g/mol. The number of carbonyl (C=O) groups excluding carboxylic acids is 2. The predicted octanol–water partition coefficient (Wildman–Crippen LogP) is 3.78. The first-order chi connectivity index (χ1) is 12.4. The number of hydrogen-bond acceptors (Lipinski definition) is 4. The molecule has 0 aromatic carbocycles. The third-order valence-electron chi connectivity index (χ3n) is 5.60. The van der Waals surface area contributed by atoms with E-state index < -0.39 is 0 Å². The number of imidazole rings is 1. The smallest absolute Gasteiger partial charge is 0.229 e. The lowest BCUT2D eigenvalue weighted by Crippen LogP contribution is -2.53. The summed E-state index contributed by atoms with van der Waals surface area (Å²) in [6.07, 6.45) is 4.02. The van der Waals surface area contributed by atoms with E-state index in [-0.39, 0.29) is 28.9 Å². The maximum Gasteiger partial charge on any atom is 0.229 e. The first-order valence-corrected chi connectivity index (χ1v) is 8.72. The Hall–Kier alpha value is -2.89. The Labute approximate surface area is 151 Å². The molecular weight excluding hydrogens is 330 g/mol. The number of fused-ring (bicyclic) bond motifs is 1. The maximum absolute atomic E-state index is 12.9. The van der Waals surface area contributed by atoms with E-state index in [0.29, 0.717) is 23.7 Å². The van der Waals surface area contributed by atoms with Crippen LogP contribution in [0.3, 0.4) is 0 Å². The topological polar surface area (TPSA) is 76.6 Å². The summed E-state index contributed by atoms with van der Waals surface area (Å²) in [5.74, 6) is 0.956. The Morgan fingerprint density at radius 3 is 2.69 bits per heavy atom. The molecule has 0 radical (unpaired) electrons. The number of rotatable bonds is 4. The van der Waals surface area contributed by atoms with Gasteiger partial charge < -0.3 is 9.73 Å². The van der Waals surface area contributed by atoms with Gasteiger partial charge in [0.05, 0.1) is 6.26 Å². The Balaban J connectivity index is 1.68. The second-order valence-corrected chi connectivity index (χ2v) is 7.48. The summed E-state index contributed by atoms with van der Waals surface area (Å²) < 4.78 is 7.33. The van der Waals surface area contributed by atoms with Gasteiger partial charge in [-0.3, -0.25) is 14.0 Å². The number of carbonyl (C=O) groups is 2. The number of aromatic nitrogens is 2. The predicted molar refractivity (Wildman–Crippen MR) is 97.6 cm³/mol. The van der Waals surface area contributed by atoms with Gasteiger partial charge in [0, 0.05) is 18.0 Å². The molecule has 26 heavy (non-hydrogen) atoms. The zero-order valence-electron chi connectivity index (χ0n) is 15.0. The van der Waals surface area contributed by atoms with Crippen LogP contribution >= 0.6 is 0 Å². The molecule has 2 atom stereocenters. The van der Waals surface area contributed by atoms with Gasteiger partial charge in [-0.15, -0.1) is 0 Å². The summed E-state index contributed by atoms with van der Waals surface area (Å²) in [5, 5.41) is 3.03. The van der Waals surface area contributed by atoms with E-state index in [0.717, 1.165) is 5.65 Å². The summed E-state index contributed by atoms with van der Waals surface area (Å²) >= 11 is 0. The SMILES string of the molecule is CC(=O)[C@@H]1C[C@H](C(=O)Nc2c(-c3ccco3)nc3ccccn23)C1(C)C. The number of nitrogens with one attached hydrogen (secondary N) is 1. The van der Waals surface area contributed by atoms with Gasteiger partial charge in [-0.2, -0.15) is 0 Å². The molecule has 1 fully saturated rings. The number of furan rings is 1. The molecule has 1 amide bonds. The van der Waals surface area contributed by atoms with Gasteiger partial charge in [0.1, 0.15) is 22.9 Å². The summed E-state index contributed by atoms with van der Waals surface area (Å²) in [4.78, 5) is 29.3. The molecule has 4 rings (SSSR count). The van der Waals surface area contributed by atoms with E-state index in [9.17, 15) is 9.59 Å². The number of Topliss-reactive ketones (excluding diaryl/α,β-unsaturated/α-hetero) is 1. The third kappa shape index (κ3) is 2.44. The van der Waals surface area contributed by atoms with Gasteiger partial charge in [0.2, 0.25) is 5.91 Å². The molecule has 6 nitrogen and oxygen atoms in total. The molecule has 1 aliphatic rings. The lowest BCUT2D eigenvalue weighted by atomic mass is 9.53. The molecule has 0 bridgehead atoms. The fraction of sp³-hybridized carbons (Fsp3) is 0.350. The number of pyridine rings is 1. The van der Waals surface area contributed by atoms with E-state index in [1.54, 1.807) is 19.3 Å². The van der Waals surface area contributed by atoms with Gasteiger partial charge in [0.15, 0.2) is 5.76 Å². The number of hydrogen-bond donors (Lipinski definition) is 1. The largest absolute Gasteiger partial charge is 0.463 e. The van der Waals surface area contributed by atoms with Gasteiger partial charge in [-0.05, 0) is 43.0 Å². The number of ketones is 1. The molecule has 0 saturated heterocycles. The summed E-state index contributed by atoms with van der Waals surface area (Å²) in [5.41, 5.74) is 0.972. The molecular formula is C20H21N3O3. The maximum atomic E-state index is 12.9. The van der Waals surface area contributed by atoms with Crippen molar-refractivity contribution < 1.29 is 14.0 Å². The van der Waals surface area contributed by atoms with E-state index in [1.807, 2.05) is 48.7 Å². The number of amides is 1. The quantitative estimate of drug-likeness (QED) is 0.776. The molecule has 3 aromatic rings. The second-order valence-electron chi connectivity index (χ2n) is 7.48. The Morgan fingerprint density at radius 2 is 2.04 bits per heavy atom. The second kappa shape index (κ2) is 5.83. The van der Waals surface area contributed by atoms with Crippen LogP contribution in [0.5, 0.6) is 0 Å². The van der Waals surface area contributed by atoms with Crippen molar-refractivity contribution in [2.45, 2.75) is 27.2 Å². The lowest BCUT2D eigenvalue weighted by molar-refractivity contribution is -0.145. The first-order valence-electron chi connectivity index (χ1n) is 8.72. The number of nitrogens with zero attached hydrogens (tertiary/aromatic N) is 2. The molecule has 1 saturated carbocycles. The van der Waals surface area contributed by atoms with Crippen molar-refractivity contribution in [2.75, 3.05) is 5.32 Å². The average molecular weight is 351 g/mol. The van der Waals surface area contributed by atoms with Gasteiger partial charge in [-0.25, -0.2) is 4.98 Å². The first kappa shape index (κ1) is 16.6. The molecule has 0 aliphatic heterocycles. The zero-order chi connectivity index (χ0) is 18.5. The van der Waals surface area contributed by atoms with Crippen molar-refractivity contribution in [3.8, 4) is 11.5 Å². The van der Waals surface area contributed by atoms with Crippen LogP contribution in [0, 0.1) is 17.3 Å². The fourth-order valence-corrected chi connectivity index (χ4v) is 3.96. The minimum atomic E-state index is -0.346. The molecule has 0 unspecified atom stereocenters. The van der Waals surface area contributed by atoms with Gasteiger partial charge in [-0.1, -0.05) is 19.9 Å². The van der Waals surface area contributed by atoms with Crippen molar-refractivity contribution in [3.05, 3.63) is 42.8 Å². The summed E-state index contributed by atoms with van der Waals surface area (Å²) in [6.45, 7) is 5.56. The Kier molecular flexibility index (Phi) is 3.72. The summed E-state index contributed by atoms with van der Waals surface area (Å²) in [7, 11) is 0. The van der Waals surface area contributed by atoms with Crippen LogP contribution in [0.4, 0.5) is 5.82 Å². The summed E-state index contributed by atoms with van der Waals surface area (Å²) in [6, 6.07) is 9.26. The molecule has 3 heterocycles. The highest BCUT2D eigenvalue weighted by molar-refractivity contribution is 5.98. The molecule has 1 aliphatic carbocycles. The van der Waals surface area contributed by atoms with Crippen molar-refractivity contribution in [1.82, 2.24) is 9.38 Å². The van der Waals surface area contributed by atoms with Crippen molar-refractivity contribution in [3.63, 3.8) is 0 Å². The van der Waals surface area contributed by atoms with Crippen molar-refractivity contribution >= 4 is 23.2 Å². The highest BCUT2D eigenvalue weighted by Gasteiger charge is 2.53. The zero-order valence-corrected chi connectivity index (χ0v) is 15.0. The van der Waals surface area contributed by atoms with Crippen LogP contribution in [-0.2, 0) is 9.59 Å². The Bertz CT molecular complexity index is 985. The minimum absolute atomic E-state index is 0.0648. The van der Waals surface area contributed by atoms with Crippen LogP contribution in [0.2, 0.25) is 0 Å². The molecule has 6 heteroatoms. The normalized spacial score (nSPS) is 21.3. The fourth-order valence-electron chi connectivity index (χ4n) is 3.96. The van der Waals surface area contributed by atoms with E-state index in [4.69, 9.17) is 4.42 Å². The van der Waals surface area contributed by atoms with Crippen molar-refractivity contribution in [2.24, 2.45) is 17.3 Å². The average Bonchev–Trinajstić information content (AvgIpc) is 3.21. The highest BCUT2D eigenvalue weighted by atomic mass is 16.3. The van der Waals surface area contributed by atoms with Crippen LogP contribution in [0.25, 0.3) is 17.1 Å².